The number of halogens is 1. The Labute approximate surface area is 143 Å². The molecule has 2 heterocycles. The second-order valence-corrected chi connectivity index (χ2v) is 5.53. The fourth-order valence-electron chi connectivity index (χ4n) is 2.14. The summed E-state index contributed by atoms with van der Waals surface area (Å²) in [7, 11) is 0. The number of rotatable bonds is 5. The van der Waals surface area contributed by atoms with E-state index in [0.717, 1.165) is 16.9 Å². The Bertz CT molecular complexity index is 850. The molecule has 3 aromatic rings. The average molecular weight is 340 g/mol. The van der Waals surface area contributed by atoms with E-state index in [-0.39, 0.29) is 18.2 Å². The largest absolute Gasteiger partial charge is 0.368 e. The molecule has 6 nitrogen and oxygen atoms in total. The third-order valence-corrected chi connectivity index (χ3v) is 3.63. The van der Waals surface area contributed by atoms with Gasteiger partial charge < -0.3 is 11.1 Å². The lowest BCUT2D eigenvalue weighted by atomic mass is 10.0. The number of hydrogen-bond acceptors (Lipinski definition) is 6. The van der Waals surface area contributed by atoms with E-state index >= 15 is 0 Å². The Balaban J connectivity index is 1.79. The minimum atomic E-state index is -0.0969. The molecule has 0 amide bonds. The summed E-state index contributed by atoms with van der Waals surface area (Å²) in [6, 6.07) is 9.09. The number of nitrogen functional groups attached to an aromatic ring is 1. The number of aromatic nitrogens is 3. The molecule has 0 radical (unpaired) electrons. The lowest BCUT2D eigenvalue weighted by Gasteiger charge is -2.11. The van der Waals surface area contributed by atoms with Crippen LogP contribution in [0.25, 0.3) is 0 Å². The molecule has 2 aromatic heterocycles. The first kappa shape index (κ1) is 15.9. The van der Waals surface area contributed by atoms with Crippen LogP contribution in [-0.4, -0.2) is 20.7 Å². The zero-order valence-electron chi connectivity index (χ0n) is 12.6. The number of nitrogens with zero attached hydrogens (tertiary/aromatic N) is 3. The molecule has 0 unspecified atom stereocenters. The summed E-state index contributed by atoms with van der Waals surface area (Å²) < 4.78 is 0. The van der Waals surface area contributed by atoms with Crippen molar-refractivity contribution in [1.29, 1.82) is 0 Å². The standard InChI is InChI=1S/C17H14ClN5O/c18-13-1-3-14(4-2-13)23-15-10-20-6-5-11(15)7-16(24)12-8-21-17(19)22-9-12/h1-6,8-10,23H,7H2,(H2,19,21,22). The number of benzene rings is 1. The van der Waals surface area contributed by atoms with Gasteiger partial charge in [0.25, 0.3) is 0 Å². The molecule has 7 heteroatoms. The molecular weight excluding hydrogens is 326 g/mol. The molecule has 1 aromatic carbocycles. The molecular formula is C17H14ClN5O. The first-order valence-corrected chi connectivity index (χ1v) is 7.56. The maximum absolute atomic E-state index is 12.4. The molecule has 0 aliphatic carbocycles. The lowest BCUT2D eigenvalue weighted by molar-refractivity contribution is 0.0992. The van der Waals surface area contributed by atoms with E-state index in [1.54, 1.807) is 30.6 Å². The summed E-state index contributed by atoms with van der Waals surface area (Å²) in [5.41, 5.74) is 8.29. The van der Waals surface area contributed by atoms with Crippen LogP contribution in [0.1, 0.15) is 15.9 Å². The van der Waals surface area contributed by atoms with Gasteiger partial charge in [0.15, 0.2) is 5.78 Å². The summed E-state index contributed by atoms with van der Waals surface area (Å²) in [5, 5.41) is 3.90. The summed E-state index contributed by atoms with van der Waals surface area (Å²) in [6.45, 7) is 0. The third-order valence-electron chi connectivity index (χ3n) is 3.38. The fourth-order valence-corrected chi connectivity index (χ4v) is 2.26. The first-order valence-electron chi connectivity index (χ1n) is 7.18. The highest BCUT2D eigenvalue weighted by molar-refractivity contribution is 6.30. The van der Waals surface area contributed by atoms with Crippen LogP contribution in [0.5, 0.6) is 0 Å². The number of carbonyl (C=O) groups is 1. The van der Waals surface area contributed by atoms with Crippen molar-refractivity contribution in [3.05, 3.63) is 71.3 Å². The van der Waals surface area contributed by atoms with Crippen LogP contribution in [0.3, 0.4) is 0 Å². The number of hydrogen-bond donors (Lipinski definition) is 2. The van der Waals surface area contributed by atoms with Gasteiger partial charge in [0.1, 0.15) is 0 Å². The lowest BCUT2D eigenvalue weighted by Crippen LogP contribution is -2.08. The highest BCUT2D eigenvalue weighted by Crippen LogP contribution is 2.22. The summed E-state index contributed by atoms with van der Waals surface area (Å²) in [6.07, 6.45) is 6.38. The minimum Gasteiger partial charge on any atom is -0.368 e. The Morgan fingerprint density at radius 3 is 2.50 bits per heavy atom. The highest BCUT2D eigenvalue weighted by atomic mass is 35.5. The molecule has 0 spiro atoms. The molecule has 0 aliphatic heterocycles. The predicted octanol–water partition coefficient (Wildman–Crippen LogP) is 3.28. The highest BCUT2D eigenvalue weighted by Gasteiger charge is 2.11. The van der Waals surface area contributed by atoms with Crippen molar-refractivity contribution in [2.75, 3.05) is 11.1 Å². The quantitative estimate of drug-likeness (QED) is 0.693. The van der Waals surface area contributed by atoms with Crippen LogP contribution in [0.15, 0.2) is 55.1 Å². The number of Topliss-reactive ketones (excluding diaryl/α,β-unsaturated/α-hetero) is 1. The van der Waals surface area contributed by atoms with Gasteiger partial charge in [-0.15, -0.1) is 0 Å². The zero-order chi connectivity index (χ0) is 16.9. The van der Waals surface area contributed by atoms with Gasteiger partial charge in [-0.1, -0.05) is 11.6 Å². The maximum Gasteiger partial charge on any atom is 0.219 e. The van der Waals surface area contributed by atoms with Gasteiger partial charge in [0.05, 0.1) is 17.4 Å². The number of anilines is 3. The maximum atomic E-state index is 12.4. The van der Waals surface area contributed by atoms with Gasteiger partial charge in [-0.2, -0.15) is 0 Å². The second-order valence-electron chi connectivity index (χ2n) is 5.09. The fraction of sp³-hybridized carbons (Fsp3) is 0.0588. The summed E-state index contributed by atoms with van der Waals surface area (Å²) >= 11 is 5.89. The van der Waals surface area contributed by atoms with Gasteiger partial charge >= 0.3 is 0 Å². The Morgan fingerprint density at radius 1 is 1.08 bits per heavy atom. The van der Waals surface area contributed by atoms with E-state index in [9.17, 15) is 4.79 Å². The number of ketones is 1. The smallest absolute Gasteiger partial charge is 0.219 e. The van der Waals surface area contributed by atoms with E-state index in [1.165, 1.54) is 12.4 Å². The molecule has 120 valence electrons. The normalized spacial score (nSPS) is 10.4. The number of nitrogens with one attached hydrogen (secondary N) is 1. The molecule has 0 bridgehead atoms. The van der Waals surface area contributed by atoms with Gasteiger partial charge in [-0.05, 0) is 35.9 Å². The van der Waals surface area contributed by atoms with Gasteiger partial charge in [-0.3, -0.25) is 9.78 Å². The van der Waals surface area contributed by atoms with Crippen molar-refractivity contribution in [2.24, 2.45) is 0 Å². The second kappa shape index (κ2) is 7.06. The van der Waals surface area contributed by atoms with Crippen molar-refractivity contribution in [3.8, 4) is 0 Å². The monoisotopic (exact) mass is 339 g/mol. The molecule has 0 aliphatic rings. The number of nitrogens with two attached hydrogens (primary N) is 1. The molecule has 0 saturated carbocycles. The van der Waals surface area contributed by atoms with Gasteiger partial charge in [-0.25, -0.2) is 9.97 Å². The van der Waals surface area contributed by atoms with Crippen molar-refractivity contribution >= 4 is 34.7 Å². The first-order chi connectivity index (χ1) is 11.6. The number of carbonyl (C=O) groups excluding carboxylic acids is 1. The van der Waals surface area contributed by atoms with Crippen LogP contribution in [-0.2, 0) is 6.42 Å². The Kier molecular flexibility index (Phi) is 4.67. The Hall–Kier alpha value is -2.99. The van der Waals surface area contributed by atoms with Crippen LogP contribution in [0.4, 0.5) is 17.3 Å². The van der Waals surface area contributed by atoms with Crippen LogP contribution < -0.4 is 11.1 Å². The van der Waals surface area contributed by atoms with Crippen LogP contribution in [0, 0.1) is 0 Å². The van der Waals surface area contributed by atoms with E-state index in [2.05, 4.69) is 20.3 Å². The summed E-state index contributed by atoms with van der Waals surface area (Å²) in [4.78, 5) is 24.2. The molecule has 3 N–H and O–H groups in total. The van der Waals surface area contributed by atoms with Crippen LogP contribution in [0.2, 0.25) is 5.02 Å². The van der Waals surface area contributed by atoms with Crippen molar-refractivity contribution in [2.45, 2.75) is 6.42 Å². The van der Waals surface area contributed by atoms with E-state index < -0.39 is 0 Å². The van der Waals surface area contributed by atoms with Crippen LogP contribution >= 0.6 is 11.6 Å². The van der Waals surface area contributed by atoms with Crippen molar-refractivity contribution in [1.82, 2.24) is 15.0 Å². The summed E-state index contributed by atoms with van der Waals surface area (Å²) in [5.74, 6) is 0.0425. The van der Waals surface area contributed by atoms with Crippen molar-refractivity contribution in [3.63, 3.8) is 0 Å². The Morgan fingerprint density at radius 2 is 1.79 bits per heavy atom. The SMILES string of the molecule is Nc1ncc(C(=O)Cc2ccncc2Nc2ccc(Cl)cc2)cn1. The van der Waals surface area contributed by atoms with Crippen molar-refractivity contribution < 1.29 is 4.79 Å². The third kappa shape index (κ3) is 3.85. The molecule has 3 rings (SSSR count). The van der Waals surface area contributed by atoms with Gasteiger partial charge in [0.2, 0.25) is 5.95 Å². The molecule has 0 fully saturated rings. The topological polar surface area (TPSA) is 93.8 Å². The minimum absolute atomic E-state index is 0.0969. The molecule has 0 saturated heterocycles. The molecule has 0 atom stereocenters. The molecule has 24 heavy (non-hydrogen) atoms. The average Bonchev–Trinajstić information content (AvgIpc) is 2.59. The number of pyridine rings is 1. The van der Waals surface area contributed by atoms with E-state index in [1.807, 2.05) is 12.1 Å². The van der Waals surface area contributed by atoms with E-state index in [4.69, 9.17) is 17.3 Å². The van der Waals surface area contributed by atoms with E-state index in [0.29, 0.717) is 10.6 Å². The van der Waals surface area contributed by atoms with Gasteiger partial charge in [0, 0.05) is 35.7 Å². The zero-order valence-corrected chi connectivity index (χ0v) is 13.4. The predicted molar refractivity (Wildman–Crippen MR) is 93.5 cm³/mol.